The van der Waals surface area contributed by atoms with Crippen LogP contribution in [0.15, 0.2) is 10.7 Å². The smallest absolute Gasteiger partial charge is 0.0699 e. The molecule has 0 saturated carbocycles. The van der Waals surface area contributed by atoms with Gasteiger partial charge >= 0.3 is 0 Å². The zero-order valence-corrected chi connectivity index (χ0v) is 12.0. The third-order valence-electron chi connectivity index (χ3n) is 3.37. The lowest BCUT2D eigenvalue weighted by Gasteiger charge is -2.29. The van der Waals surface area contributed by atoms with Gasteiger partial charge in [0.15, 0.2) is 0 Å². The van der Waals surface area contributed by atoms with Gasteiger partial charge in [-0.25, -0.2) is 0 Å². The van der Waals surface area contributed by atoms with E-state index in [1.807, 2.05) is 10.9 Å². The Morgan fingerprint density at radius 2 is 2.12 bits per heavy atom. The molecule has 5 heteroatoms. The van der Waals surface area contributed by atoms with Crippen LogP contribution in [0.2, 0.25) is 0 Å². The van der Waals surface area contributed by atoms with Gasteiger partial charge in [-0.2, -0.15) is 5.10 Å². The highest BCUT2D eigenvalue weighted by molar-refractivity contribution is 9.10. The molecule has 0 aromatic carbocycles. The maximum absolute atomic E-state index is 6.41. The molecule has 1 aromatic heterocycles. The van der Waals surface area contributed by atoms with E-state index >= 15 is 0 Å². The quantitative estimate of drug-likeness (QED) is 0.934. The summed E-state index contributed by atoms with van der Waals surface area (Å²) in [6, 6.07) is 0.375. The van der Waals surface area contributed by atoms with Crippen molar-refractivity contribution in [2.75, 3.05) is 13.2 Å². The average Bonchev–Trinajstić information content (AvgIpc) is 2.71. The van der Waals surface area contributed by atoms with Crippen LogP contribution in [0.5, 0.6) is 0 Å². The van der Waals surface area contributed by atoms with E-state index < -0.39 is 0 Å². The summed E-state index contributed by atoms with van der Waals surface area (Å²) < 4.78 is 8.42. The Bertz CT molecular complexity index is 372. The molecule has 2 N–H and O–H groups in total. The molecule has 1 unspecified atom stereocenters. The van der Waals surface area contributed by atoms with Crippen LogP contribution in [0.1, 0.15) is 44.5 Å². The van der Waals surface area contributed by atoms with Crippen LogP contribution in [0.4, 0.5) is 0 Å². The summed E-state index contributed by atoms with van der Waals surface area (Å²) in [4.78, 5) is 0. The molecule has 4 nitrogen and oxygen atoms in total. The van der Waals surface area contributed by atoms with Crippen molar-refractivity contribution >= 4 is 15.9 Å². The highest BCUT2D eigenvalue weighted by atomic mass is 79.9. The number of rotatable bonds is 3. The van der Waals surface area contributed by atoms with Crippen molar-refractivity contribution in [1.29, 1.82) is 0 Å². The van der Waals surface area contributed by atoms with Crippen LogP contribution >= 0.6 is 15.9 Å². The summed E-state index contributed by atoms with van der Waals surface area (Å²) in [6.07, 6.45) is 3.92. The molecule has 2 heterocycles. The van der Waals surface area contributed by atoms with Gasteiger partial charge in [-0.15, -0.1) is 0 Å². The molecule has 1 aliphatic rings. The third kappa shape index (κ3) is 2.72. The molecule has 17 heavy (non-hydrogen) atoms. The molecular formula is C12H20BrN3O. The van der Waals surface area contributed by atoms with Crippen molar-refractivity contribution in [2.24, 2.45) is 11.7 Å². The van der Waals surface area contributed by atoms with E-state index in [2.05, 4.69) is 34.9 Å². The molecule has 0 aliphatic carbocycles. The zero-order chi connectivity index (χ0) is 12.4. The summed E-state index contributed by atoms with van der Waals surface area (Å²) in [6.45, 7) is 5.90. The van der Waals surface area contributed by atoms with Crippen LogP contribution in [0, 0.1) is 5.92 Å². The van der Waals surface area contributed by atoms with Gasteiger partial charge in [0, 0.05) is 19.3 Å². The van der Waals surface area contributed by atoms with Gasteiger partial charge in [0.25, 0.3) is 0 Å². The van der Waals surface area contributed by atoms with Crippen LogP contribution in [0.3, 0.4) is 0 Å². The largest absolute Gasteiger partial charge is 0.381 e. The summed E-state index contributed by atoms with van der Waals surface area (Å²) in [5, 5.41) is 4.39. The van der Waals surface area contributed by atoms with Crippen LogP contribution in [-0.2, 0) is 4.74 Å². The Hall–Kier alpha value is -0.390. The SMILES string of the molecule is CC(C)n1ncc(Br)c1C(N)C1CCOCC1. The molecule has 0 amide bonds. The first-order chi connectivity index (χ1) is 8.11. The van der Waals surface area contributed by atoms with Gasteiger partial charge in [0.05, 0.1) is 22.4 Å². The fraction of sp³-hybridized carbons (Fsp3) is 0.750. The normalized spacial score (nSPS) is 19.8. The van der Waals surface area contributed by atoms with Gasteiger partial charge in [-0.1, -0.05) is 0 Å². The molecule has 0 bridgehead atoms. The standard InChI is InChI=1S/C12H20BrN3O/c1-8(2)16-12(10(13)7-15-16)11(14)9-3-5-17-6-4-9/h7-9,11H,3-6,14H2,1-2H3. The summed E-state index contributed by atoms with van der Waals surface area (Å²) in [5.74, 6) is 0.495. The first-order valence-electron chi connectivity index (χ1n) is 6.17. The fourth-order valence-electron chi connectivity index (χ4n) is 2.37. The van der Waals surface area contributed by atoms with Crippen LogP contribution < -0.4 is 5.73 Å². The molecule has 1 aromatic rings. The van der Waals surface area contributed by atoms with Gasteiger partial charge < -0.3 is 10.5 Å². The van der Waals surface area contributed by atoms with Crippen LogP contribution in [-0.4, -0.2) is 23.0 Å². The number of ether oxygens (including phenoxy) is 1. The third-order valence-corrected chi connectivity index (χ3v) is 3.98. The first kappa shape index (κ1) is 13.1. The lowest BCUT2D eigenvalue weighted by molar-refractivity contribution is 0.0572. The molecular weight excluding hydrogens is 282 g/mol. The molecule has 0 spiro atoms. The van der Waals surface area contributed by atoms with Gasteiger partial charge in [0.2, 0.25) is 0 Å². The molecule has 1 atom stereocenters. The summed E-state index contributed by atoms with van der Waals surface area (Å²) in [5.41, 5.74) is 7.52. The number of aromatic nitrogens is 2. The van der Waals surface area contributed by atoms with E-state index in [0.717, 1.165) is 36.2 Å². The monoisotopic (exact) mass is 301 g/mol. The van der Waals surface area contributed by atoms with Crippen molar-refractivity contribution in [1.82, 2.24) is 9.78 Å². The second-order valence-electron chi connectivity index (χ2n) is 4.89. The predicted octanol–water partition coefficient (Wildman–Crippen LogP) is 2.65. The Morgan fingerprint density at radius 3 is 2.71 bits per heavy atom. The minimum atomic E-state index is 0.0400. The zero-order valence-electron chi connectivity index (χ0n) is 10.4. The number of halogens is 1. The van der Waals surface area contributed by atoms with Gasteiger partial charge in [-0.05, 0) is 48.5 Å². The lowest BCUT2D eigenvalue weighted by atomic mass is 9.90. The number of hydrogen-bond donors (Lipinski definition) is 1. The Kier molecular flexibility index (Phi) is 4.22. The van der Waals surface area contributed by atoms with Crippen LogP contribution in [0.25, 0.3) is 0 Å². The Morgan fingerprint density at radius 1 is 1.47 bits per heavy atom. The molecule has 0 radical (unpaired) electrons. The second kappa shape index (κ2) is 5.50. The van der Waals surface area contributed by atoms with Gasteiger partial charge in [-0.3, -0.25) is 4.68 Å². The van der Waals surface area contributed by atoms with Crippen molar-refractivity contribution in [3.8, 4) is 0 Å². The lowest BCUT2D eigenvalue weighted by Crippen LogP contribution is -2.30. The van der Waals surface area contributed by atoms with Crippen molar-refractivity contribution in [3.05, 3.63) is 16.4 Å². The van der Waals surface area contributed by atoms with Crippen molar-refractivity contribution < 1.29 is 4.74 Å². The van der Waals surface area contributed by atoms with E-state index in [4.69, 9.17) is 10.5 Å². The van der Waals surface area contributed by atoms with Crippen molar-refractivity contribution in [2.45, 2.75) is 38.8 Å². The topological polar surface area (TPSA) is 53.1 Å². The van der Waals surface area contributed by atoms with E-state index in [0.29, 0.717) is 12.0 Å². The summed E-state index contributed by atoms with van der Waals surface area (Å²) in [7, 11) is 0. The second-order valence-corrected chi connectivity index (χ2v) is 5.75. The minimum Gasteiger partial charge on any atom is -0.381 e. The van der Waals surface area contributed by atoms with E-state index in [1.54, 1.807) is 0 Å². The summed E-state index contributed by atoms with van der Waals surface area (Å²) >= 11 is 3.56. The number of nitrogens with zero attached hydrogens (tertiary/aromatic N) is 2. The molecule has 1 saturated heterocycles. The molecule has 1 aliphatic heterocycles. The van der Waals surface area contributed by atoms with E-state index in [9.17, 15) is 0 Å². The number of nitrogens with two attached hydrogens (primary N) is 1. The molecule has 1 fully saturated rings. The molecule has 2 rings (SSSR count). The highest BCUT2D eigenvalue weighted by Crippen LogP contribution is 2.33. The Balaban J connectivity index is 2.22. The maximum Gasteiger partial charge on any atom is 0.0699 e. The number of hydrogen-bond acceptors (Lipinski definition) is 3. The predicted molar refractivity (Wildman–Crippen MR) is 70.8 cm³/mol. The van der Waals surface area contributed by atoms with E-state index in [-0.39, 0.29) is 6.04 Å². The average molecular weight is 302 g/mol. The van der Waals surface area contributed by atoms with Crippen molar-refractivity contribution in [3.63, 3.8) is 0 Å². The first-order valence-corrected chi connectivity index (χ1v) is 6.96. The Labute approximate surface area is 111 Å². The fourth-order valence-corrected chi connectivity index (χ4v) is 2.91. The highest BCUT2D eigenvalue weighted by Gasteiger charge is 2.27. The van der Waals surface area contributed by atoms with E-state index in [1.165, 1.54) is 0 Å². The maximum atomic E-state index is 6.41. The minimum absolute atomic E-state index is 0.0400. The van der Waals surface area contributed by atoms with Gasteiger partial charge in [0.1, 0.15) is 0 Å². The molecule has 96 valence electrons.